The van der Waals surface area contributed by atoms with Gasteiger partial charge in [-0.05, 0) is 197 Å². The van der Waals surface area contributed by atoms with Crippen molar-refractivity contribution in [3.63, 3.8) is 0 Å². The Morgan fingerprint density at radius 3 is 1.51 bits per heavy atom. The first-order valence-electron chi connectivity index (χ1n) is 31.4. The number of aldehydes is 1. The quantitative estimate of drug-likeness (QED) is 0.125. The van der Waals surface area contributed by atoms with E-state index < -0.39 is 64.7 Å². The van der Waals surface area contributed by atoms with Crippen LogP contribution in [0.15, 0.2) is 34.9 Å². The molecule has 0 saturated heterocycles. The van der Waals surface area contributed by atoms with Crippen LogP contribution in [0.5, 0.6) is 0 Å². The standard InChI is InChI=1S/C23H31FO5.C23H32O5.C21H28O5/c1-13(25)29-12-19(27)18-7-6-16-17-5-4-14-10-15(26)8-9-22(14,3)23(17,24)20(28)11-21(16,18)2;1-13(24)28-12-20(27)18-7-6-17-16-5-4-14-10-15(25)8-9-22(14,2)21(16)19(26)11-23(17,18)3;1-20-7-6-13(24)8-12(20)2-3-14-15-4-5-16(18(26)10-22)21(15,11-23)9-17(25)19(14)20/h10,16-18,20,28H,4-9,11-12H2,1-3H3;10,16-19,21,26H,4-9,11-12H2,1-3H3;8,11,14-17,19,22,25H,2-7,9-10H2,1H3/t16-,17-,18+,20-,21-,22-,23-;16-,17-,18+,19-,21+,22-,23-;14-,15-,16+,17-,19+,20-,21+/m000/s1. The highest BCUT2D eigenvalue weighted by Crippen LogP contribution is 2.71. The predicted octanol–water partition coefficient (Wildman–Crippen LogP) is 8.41. The zero-order valence-electron chi connectivity index (χ0n) is 50.0. The van der Waals surface area contributed by atoms with Crippen molar-refractivity contribution in [2.45, 2.75) is 207 Å². The molecule has 12 aliphatic carbocycles. The molecule has 0 unspecified atom stereocenters. The molecular weight excluding hydrogens is 1060 g/mol. The van der Waals surface area contributed by atoms with Crippen LogP contribution in [0.1, 0.15) is 183 Å². The maximum absolute atomic E-state index is 16.9. The minimum atomic E-state index is -1.78. The number of halogens is 1. The summed E-state index contributed by atoms with van der Waals surface area (Å²) in [5.41, 5.74) is -1.24. The first-order chi connectivity index (χ1) is 39.1. The molecule has 4 N–H and O–H groups in total. The molecule has 0 amide bonds. The fraction of sp³-hybridized carbons (Fsp3) is 0.776. The normalized spacial score (nSPS) is 46.1. The maximum Gasteiger partial charge on any atom is 0.303 e. The van der Waals surface area contributed by atoms with Gasteiger partial charge in [-0.25, -0.2) is 4.39 Å². The van der Waals surface area contributed by atoms with Gasteiger partial charge in [0.25, 0.3) is 0 Å². The van der Waals surface area contributed by atoms with Crippen molar-refractivity contribution in [3.8, 4) is 0 Å². The lowest BCUT2D eigenvalue weighted by Crippen LogP contribution is -2.67. The highest BCUT2D eigenvalue weighted by molar-refractivity contribution is 5.93. The number of aliphatic hydroxyl groups excluding tert-OH is 4. The molecule has 12 rings (SSSR count). The molecule has 21 atom stereocenters. The summed E-state index contributed by atoms with van der Waals surface area (Å²) in [7, 11) is 0. The summed E-state index contributed by atoms with van der Waals surface area (Å²) in [5, 5.41) is 43.0. The van der Waals surface area contributed by atoms with Gasteiger partial charge in [0, 0.05) is 67.6 Å². The van der Waals surface area contributed by atoms with Crippen molar-refractivity contribution < 1.29 is 77.4 Å². The van der Waals surface area contributed by atoms with Gasteiger partial charge in [-0.1, -0.05) is 51.3 Å². The van der Waals surface area contributed by atoms with Crippen molar-refractivity contribution >= 4 is 52.9 Å². The lowest BCUT2D eigenvalue weighted by molar-refractivity contribution is -0.208. The Hall–Kier alpha value is -4.38. The van der Waals surface area contributed by atoms with Crippen LogP contribution in [0.2, 0.25) is 0 Å². The Balaban J connectivity index is 0.000000139. The van der Waals surface area contributed by atoms with E-state index in [1.54, 1.807) is 12.2 Å². The van der Waals surface area contributed by atoms with E-state index in [-0.39, 0.29) is 118 Å². The Bertz CT molecular complexity index is 2800. The van der Waals surface area contributed by atoms with Crippen LogP contribution in [0.25, 0.3) is 0 Å². The van der Waals surface area contributed by atoms with Crippen molar-refractivity contribution in [1.82, 2.24) is 0 Å². The fourth-order valence-corrected chi connectivity index (χ4v) is 22.0. The van der Waals surface area contributed by atoms with Gasteiger partial charge in [0.05, 0.1) is 18.3 Å². The van der Waals surface area contributed by atoms with Crippen LogP contribution in [-0.4, -0.2) is 117 Å². The van der Waals surface area contributed by atoms with E-state index >= 15 is 4.39 Å². The number of carbonyl (C=O) groups is 9. The van der Waals surface area contributed by atoms with E-state index in [0.29, 0.717) is 76.0 Å². The molecule has 83 heavy (non-hydrogen) atoms. The summed E-state index contributed by atoms with van der Waals surface area (Å²) in [5.74, 6) is -0.880. The number of fused-ring (bicyclic) bond motifs is 15. The molecule has 9 fully saturated rings. The van der Waals surface area contributed by atoms with Crippen molar-refractivity contribution in [1.29, 1.82) is 0 Å². The molecule has 16 heteroatoms. The molecule has 0 radical (unpaired) electrons. The summed E-state index contributed by atoms with van der Waals surface area (Å²) in [6.45, 7) is 12.1. The molecule has 456 valence electrons. The SMILES string of the molecule is CC(=O)OCC(=O)[C@H]1CC[C@H]2[C@@H]3CCC4=CC(=O)CC[C@]4(C)[C@@]3(F)[C@@H](O)C[C@]12C.CC(=O)OCC(=O)[C@H]1CC[C@H]2[C@@H]3CCC4=CC(=O)CC[C@]4(C)[C@H]3[C@@H](O)C[C@]12C.C[C@]12CCC(=O)C=C1CC[C@@H]1[C@@H]2[C@@H](O)C[C@]2(C=O)[C@@H](C(=O)CO)CC[C@@H]12. The summed E-state index contributed by atoms with van der Waals surface area (Å²) in [4.78, 5) is 108. The number of ketones is 6. The van der Waals surface area contributed by atoms with Crippen LogP contribution >= 0.6 is 0 Å². The van der Waals surface area contributed by atoms with Gasteiger partial charge in [0.15, 0.2) is 34.7 Å². The van der Waals surface area contributed by atoms with Crippen LogP contribution in [0.4, 0.5) is 4.39 Å². The zero-order chi connectivity index (χ0) is 60.1. The van der Waals surface area contributed by atoms with E-state index in [9.17, 15) is 63.6 Å². The van der Waals surface area contributed by atoms with E-state index in [1.807, 2.05) is 19.9 Å². The number of aliphatic hydroxyl groups is 4. The minimum Gasteiger partial charge on any atom is -0.458 e. The second-order valence-electron chi connectivity index (χ2n) is 29.3. The van der Waals surface area contributed by atoms with Crippen LogP contribution in [0.3, 0.4) is 0 Å². The Morgan fingerprint density at radius 1 is 0.542 bits per heavy atom. The number of alkyl halides is 1. The molecule has 15 nitrogen and oxygen atoms in total. The molecule has 0 aromatic carbocycles. The molecule has 0 aliphatic heterocycles. The summed E-state index contributed by atoms with van der Waals surface area (Å²) in [6, 6.07) is 0. The number of hydrogen-bond acceptors (Lipinski definition) is 15. The average molecular weight is 1160 g/mol. The van der Waals surface area contributed by atoms with Crippen LogP contribution in [-0.2, 0) is 52.6 Å². The maximum atomic E-state index is 16.9. The molecule has 0 bridgehead atoms. The van der Waals surface area contributed by atoms with Gasteiger partial charge in [-0.2, -0.15) is 0 Å². The number of hydrogen-bond donors (Lipinski definition) is 4. The van der Waals surface area contributed by atoms with Crippen LogP contribution < -0.4 is 0 Å². The average Bonchev–Trinajstić information content (AvgIpc) is 2.79. The number of ether oxygens (including phenoxy) is 2. The van der Waals surface area contributed by atoms with Gasteiger partial charge in [-0.3, -0.25) is 38.4 Å². The Kier molecular flexibility index (Phi) is 16.7. The number of esters is 2. The smallest absolute Gasteiger partial charge is 0.303 e. The number of rotatable bonds is 9. The van der Waals surface area contributed by atoms with Gasteiger partial charge in [-0.15, -0.1) is 0 Å². The molecule has 0 heterocycles. The third-order valence-electron chi connectivity index (χ3n) is 25.8. The van der Waals surface area contributed by atoms with Crippen molar-refractivity contribution in [3.05, 3.63) is 34.9 Å². The van der Waals surface area contributed by atoms with E-state index in [2.05, 4.69) is 20.8 Å². The van der Waals surface area contributed by atoms with E-state index in [0.717, 1.165) is 81.6 Å². The van der Waals surface area contributed by atoms with E-state index in [1.165, 1.54) is 19.4 Å². The van der Waals surface area contributed by atoms with Gasteiger partial charge >= 0.3 is 11.9 Å². The summed E-state index contributed by atoms with van der Waals surface area (Å²) in [6.07, 6.45) is 17.9. The number of allylic oxidation sites excluding steroid dienone is 3. The molecule has 9 saturated carbocycles. The minimum absolute atomic E-state index is 0.00168. The molecule has 0 spiro atoms. The van der Waals surface area contributed by atoms with Gasteiger partial charge < -0.3 is 34.7 Å². The lowest BCUT2D eigenvalue weighted by atomic mass is 9.44. The van der Waals surface area contributed by atoms with Gasteiger partial charge in [0.2, 0.25) is 0 Å². The van der Waals surface area contributed by atoms with E-state index in [4.69, 9.17) is 9.47 Å². The first-order valence-corrected chi connectivity index (χ1v) is 31.4. The summed E-state index contributed by atoms with van der Waals surface area (Å²) >= 11 is 0. The fourth-order valence-electron chi connectivity index (χ4n) is 22.0. The monoisotopic (exact) mass is 1150 g/mol. The lowest BCUT2D eigenvalue weighted by Gasteiger charge is -2.62. The highest BCUT2D eigenvalue weighted by atomic mass is 19.1. The number of carbonyl (C=O) groups excluding carboxylic acids is 9. The third kappa shape index (κ3) is 9.82. The molecule has 12 aliphatic rings. The van der Waals surface area contributed by atoms with Crippen LogP contribution in [0, 0.1) is 97.6 Å². The van der Waals surface area contributed by atoms with Crippen molar-refractivity contribution in [2.75, 3.05) is 19.8 Å². The number of Topliss-reactive ketones (excluding diaryl/α,β-unsaturated/α-hetero) is 3. The van der Waals surface area contributed by atoms with Crippen molar-refractivity contribution in [2.24, 2.45) is 97.6 Å². The predicted molar refractivity (Wildman–Crippen MR) is 301 cm³/mol. The highest BCUT2D eigenvalue weighted by Gasteiger charge is 2.72. The largest absolute Gasteiger partial charge is 0.458 e. The second kappa shape index (κ2) is 22.4. The molecular formula is C67H91FO15. The third-order valence-corrected chi connectivity index (χ3v) is 25.8. The Labute approximate surface area is 488 Å². The molecule has 0 aromatic heterocycles. The zero-order valence-corrected chi connectivity index (χ0v) is 50.0. The molecule has 0 aromatic rings. The Morgan fingerprint density at radius 2 is 0.988 bits per heavy atom. The second-order valence-corrected chi connectivity index (χ2v) is 29.3. The van der Waals surface area contributed by atoms with Gasteiger partial charge in [0.1, 0.15) is 31.8 Å². The topological polar surface area (TPSA) is 253 Å². The first kappa shape index (κ1) is 61.7. The summed E-state index contributed by atoms with van der Waals surface area (Å²) < 4.78 is 26.8.